The summed E-state index contributed by atoms with van der Waals surface area (Å²) in [6, 6.07) is 20.4. The molecule has 2 N–H and O–H groups in total. The second-order valence-corrected chi connectivity index (χ2v) is 11.0. The number of amidine groups is 1. The summed E-state index contributed by atoms with van der Waals surface area (Å²) < 4.78 is 48.0. The number of rotatable bonds is 10. The maximum absolute atomic E-state index is 12.7. The molecule has 0 saturated carbocycles. The van der Waals surface area contributed by atoms with Gasteiger partial charge in [-0.25, -0.2) is 15.1 Å². The molecular formula is C30H28F3N7O3S2. The van der Waals surface area contributed by atoms with Crippen LogP contribution in [0, 0.1) is 0 Å². The van der Waals surface area contributed by atoms with Gasteiger partial charge < -0.3 is 9.47 Å². The number of ether oxygens (including phenoxy) is 2. The first-order valence-electron chi connectivity index (χ1n) is 13.7. The van der Waals surface area contributed by atoms with E-state index < -0.39 is 6.36 Å². The zero-order chi connectivity index (χ0) is 32.0. The normalized spacial score (nSPS) is 15.0. The van der Waals surface area contributed by atoms with Crippen LogP contribution in [0.3, 0.4) is 0 Å². The van der Waals surface area contributed by atoms with Gasteiger partial charge in [-0.15, -0.1) is 18.3 Å². The summed E-state index contributed by atoms with van der Waals surface area (Å²) in [4.78, 5) is 23.2. The summed E-state index contributed by atoms with van der Waals surface area (Å²) in [5.41, 5.74) is 10.0. The van der Waals surface area contributed by atoms with Gasteiger partial charge in [-0.3, -0.25) is 15.1 Å². The van der Waals surface area contributed by atoms with Crippen LogP contribution in [0.2, 0.25) is 0 Å². The Morgan fingerprint density at radius 3 is 2.53 bits per heavy atom. The highest BCUT2D eigenvalue weighted by Gasteiger charge is 2.32. The maximum atomic E-state index is 12.7. The van der Waals surface area contributed by atoms with Crippen molar-refractivity contribution in [3.05, 3.63) is 90.3 Å². The third-order valence-corrected chi connectivity index (χ3v) is 7.77. The molecule has 1 saturated heterocycles. The van der Waals surface area contributed by atoms with E-state index in [4.69, 9.17) is 17.0 Å². The molecule has 2 heterocycles. The molecule has 1 unspecified atom stereocenters. The van der Waals surface area contributed by atoms with E-state index in [0.29, 0.717) is 29.0 Å². The van der Waals surface area contributed by atoms with Crippen LogP contribution in [0.4, 0.5) is 18.9 Å². The Balaban J connectivity index is 1.21. The number of thiocarbonyl (C=S) groups is 1. The van der Waals surface area contributed by atoms with Gasteiger partial charge in [0.05, 0.1) is 29.8 Å². The molecule has 1 fully saturated rings. The fourth-order valence-electron chi connectivity index (χ4n) is 4.56. The van der Waals surface area contributed by atoms with Crippen molar-refractivity contribution in [3.63, 3.8) is 0 Å². The van der Waals surface area contributed by atoms with Crippen LogP contribution < -0.4 is 20.5 Å². The average Bonchev–Trinajstić information content (AvgIpc) is 3.65. The first-order chi connectivity index (χ1) is 21.6. The molecule has 0 radical (unpaired) electrons. The lowest BCUT2D eigenvalue weighted by Crippen LogP contribution is -2.39. The number of thioether (sulfide) groups is 1. The highest BCUT2D eigenvalue weighted by atomic mass is 32.2. The van der Waals surface area contributed by atoms with Crippen molar-refractivity contribution in [3.8, 4) is 22.8 Å². The van der Waals surface area contributed by atoms with Crippen LogP contribution in [0.5, 0.6) is 5.75 Å². The number of aromatic nitrogens is 3. The molecule has 0 bridgehead atoms. The van der Waals surface area contributed by atoms with Crippen LogP contribution in [-0.4, -0.2) is 50.2 Å². The van der Waals surface area contributed by atoms with E-state index in [0.717, 1.165) is 23.1 Å². The maximum Gasteiger partial charge on any atom is 0.573 e. The van der Waals surface area contributed by atoms with E-state index >= 15 is 0 Å². The van der Waals surface area contributed by atoms with Crippen molar-refractivity contribution in [1.82, 2.24) is 25.6 Å². The molecule has 45 heavy (non-hydrogen) atoms. The Labute approximate surface area is 266 Å². The number of methoxy groups -OCH3 is 1. The first-order valence-corrected chi connectivity index (χ1v) is 15.1. The van der Waals surface area contributed by atoms with E-state index in [9.17, 15) is 18.0 Å². The minimum Gasteiger partial charge on any atom is -0.406 e. The fourth-order valence-corrected chi connectivity index (χ4v) is 5.63. The smallest absolute Gasteiger partial charge is 0.406 e. The number of carbonyl (C=O) groups is 1. The predicted octanol–water partition coefficient (Wildman–Crippen LogP) is 5.95. The third kappa shape index (κ3) is 8.05. The van der Waals surface area contributed by atoms with Gasteiger partial charge in [-0.2, -0.15) is 4.99 Å². The lowest BCUT2D eigenvalue weighted by Gasteiger charge is -2.21. The van der Waals surface area contributed by atoms with E-state index in [-0.39, 0.29) is 28.6 Å². The number of hydrogen-bond acceptors (Lipinski definition) is 8. The molecule has 1 aliphatic heterocycles. The SMILES string of the molecule is CCC(NNC(=S)/N=C1\SCC(=O)N1c1ccccc1COC)c1ccc(-c2ncn(-c3ccc(OC(F)(F)F)cc3)n2)cc1. The van der Waals surface area contributed by atoms with Crippen LogP contribution in [0.25, 0.3) is 17.1 Å². The molecule has 5 rings (SSSR count). The Morgan fingerprint density at radius 2 is 1.84 bits per heavy atom. The predicted molar refractivity (Wildman–Crippen MR) is 170 cm³/mol. The van der Waals surface area contributed by atoms with Crippen LogP contribution in [0.1, 0.15) is 30.5 Å². The number of benzene rings is 3. The lowest BCUT2D eigenvalue weighted by molar-refractivity contribution is -0.274. The van der Waals surface area contributed by atoms with Gasteiger partial charge in [-0.05, 0) is 54.5 Å². The highest BCUT2D eigenvalue weighted by molar-refractivity contribution is 8.15. The molecule has 3 aromatic carbocycles. The number of halogens is 3. The molecule has 1 amide bonds. The monoisotopic (exact) mass is 655 g/mol. The van der Waals surface area contributed by atoms with Gasteiger partial charge in [-0.1, -0.05) is 61.2 Å². The minimum absolute atomic E-state index is 0.0858. The van der Waals surface area contributed by atoms with Gasteiger partial charge in [0.25, 0.3) is 0 Å². The van der Waals surface area contributed by atoms with Crippen LogP contribution >= 0.6 is 24.0 Å². The standard InChI is InChI=1S/C30H28F3N7O3S2/c1-3-24(36-37-28(44)35-29-40(26(41)17-45-29)25-7-5-4-6-21(25)16-42-2)19-8-10-20(11-9-19)27-34-18-39(38-27)22-12-14-23(15-13-22)43-30(31,32)33/h4-15,18,24,36H,3,16-17H2,1-2H3,(H,37,44)/b35-29-. The molecule has 4 aromatic rings. The Morgan fingerprint density at radius 1 is 1.11 bits per heavy atom. The van der Waals surface area contributed by atoms with E-state index in [1.165, 1.54) is 47.0 Å². The number of amides is 1. The van der Waals surface area contributed by atoms with Gasteiger partial charge in [0.2, 0.25) is 11.0 Å². The van der Waals surface area contributed by atoms with Gasteiger partial charge in [0.15, 0.2) is 11.0 Å². The van der Waals surface area contributed by atoms with Crippen LogP contribution in [-0.2, 0) is 16.1 Å². The molecule has 10 nitrogen and oxygen atoms in total. The van der Waals surface area contributed by atoms with Crippen molar-refractivity contribution in [1.29, 1.82) is 0 Å². The Kier molecular flexibility index (Phi) is 10.1. The number of nitrogens with one attached hydrogen (secondary N) is 2. The number of hydrazine groups is 1. The summed E-state index contributed by atoms with van der Waals surface area (Å²) in [5, 5.41) is 5.12. The quantitative estimate of drug-likeness (QED) is 0.159. The molecule has 1 aromatic heterocycles. The number of aliphatic imine (C=N–C) groups is 1. The number of alkyl halides is 3. The average molecular weight is 656 g/mol. The van der Waals surface area contributed by atoms with E-state index in [2.05, 4.69) is 30.7 Å². The van der Waals surface area contributed by atoms with E-state index in [1.807, 2.05) is 55.5 Å². The largest absolute Gasteiger partial charge is 0.573 e. The number of para-hydroxylation sites is 1. The number of carbonyl (C=O) groups excluding carboxylic acids is 1. The molecule has 0 aliphatic carbocycles. The summed E-state index contributed by atoms with van der Waals surface area (Å²) in [7, 11) is 1.60. The molecule has 15 heteroatoms. The van der Waals surface area contributed by atoms with E-state index in [1.54, 1.807) is 12.0 Å². The third-order valence-electron chi connectivity index (χ3n) is 6.65. The van der Waals surface area contributed by atoms with Crippen molar-refractivity contribution < 1.29 is 27.4 Å². The number of nitrogens with zero attached hydrogens (tertiary/aromatic N) is 5. The number of hydrogen-bond donors (Lipinski definition) is 2. The van der Waals surface area contributed by atoms with Crippen molar-refractivity contribution in [2.24, 2.45) is 4.99 Å². The second kappa shape index (κ2) is 14.2. The first kappa shape index (κ1) is 32.1. The summed E-state index contributed by atoms with van der Waals surface area (Å²) >= 11 is 6.79. The Hall–Kier alpha value is -4.31. The zero-order valence-corrected chi connectivity index (χ0v) is 25.7. The zero-order valence-electron chi connectivity index (χ0n) is 24.1. The highest BCUT2D eigenvalue weighted by Crippen LogP contribution is 2.30. The summed E-state index contributed by atoms with van der Waals surface area (Å²) in [5.74, 6) is 0.309. The molecule has 1 aliphatic rings. The fraction of sp³-hybridized carbons (Fsp3) is 0.233. The molecule has 1 atom stereocenters. The van der Waals surface area contributed by atoms with Gasteiger partial charge >= 0.3 is 6.36 Å². The van der Waals surface area contributed by atoms with Gasteiger partial charge in [0, 0.05) is 18.2 Å². The second-order valence-electron chi connectivity index (χ2n) is 9.69. The minimum atomic E-state index is -4.76. The lowest BCUT2D eigenvalue weighted by atomic mass is 10.0. The molecule has 234 valence electrons. The van der Waals surface area contributed by atoms with Crippen molar-refractivity contribution in [2.45, 2.75) is 32.4 Å². The molecular weight excluding hydrogens is 628 g/mol. The number of anilines is 1. The van der Waals surface area contributed by atoms with Crippen molar-refractivity contribution in [2.75, 3.05) is 17.8 Å². The summed E-state index contributed by atoms with van der Waals surface area (Å²) in [6.45, 7) is 2.38. The van der Waals surface area contributed by atoms with Crippen molar-refractivity contribution >= 4 is 45.9 Å². The van der Waals surface area contributed by atoms with Crippen LogP contribution in [0.15, 0.2) is 84.1 Å². The Bertz CT molecular complexity index is 1680. The summed E-state index contributed by atoms with van der Waals surface area (Å²) in [6.07, 6.45) is -2.54. The topological polar surface area (TPSA) is 106 Å². The molecule has 0 spiro atoms. The van der Waals surface area contributed by atoms with Gasteiger partial charge in [0.1, 0.15) is 12.1 Å².